The minimum absolute atomic E-state index is 0.262. The van der Waals surface area contributed by atoms with Gasteiger partial charge in [0.25, 0.3) is 0 Å². The van der Waals surface area contributed by atoms with Gasteiger partial charge in [-0.05, 0) is 36.0 Å². The van der Waals surface area contributed by atoms with Crippen molar-refractivity contribution in [2.24, 2.45) is 11.8 Å². The highest BCUT2D eigenvalue weighted by Gasteiger charge is 2.36. The Bertz CT molecular complexity index is 1120. The molecule has 0 aliphatic heterocycles. The number of hydrogen-bond donors (Lipinski definition) is 2. The highest BCUT2D eigenvalue weighted by Crippen LogP contribution is 2.38. The SMILES string of the molecule is Nc1ccc(-n2nnc3cnc(Cc4cnn(C[C@@H]5C[C@H]5CO)c4)nc32)cn1. The van der Waals surface area contributed by atoms with Crippen LogP contribution in [0, 0.1) is 11.8 Å². The standard InChI is InChI=1S/C18H19N9O/c19-16-2-1-14(6-20-16)27-18-15(24-25-27)7-21-17(23-18)3-11-5-22-26(8-11)9-12-4-13(12)10-28/h1-2,5-8,12-13,28H,3-4,9-10H2,(H2,19,20)/t12-,13-/m0/s1. The van der Waals surface area contributed by atoms with Crippen molar-refractivity contribution in [2.45, 2.75) is 19.4 Å². The molecular weight excluding hydrogens is 358 g/mol. The highest BCUT2D eigenvalue weighted by atomic mass is 16.3. The lowest BCUT2D eigenvalue weighted by atomic mass is 10.2. The Hall–Kier alpha value is -3.40. The Morgan fingerprint density at radius 2 is 2.07 bits per heavy atom. The summed E-state index contributed by atoms with van der Waals surface area (Å²) in [6.07, 6.45) is 8.79. The van der Waals surface area contributed by atoms with E-state index in [1.54, 1.807) is 23.1 Å². The number of nitrogen functional groups attached to an aromatic ring is 1. The first-order valence-electron chi connectivity index (χ1n) is 9.11. The second-order valence-corrected chi connectivity index (χ2v) is 7.12. The summed E-state index contributed by atoms with van der Waals surface area (Å²) in [5.74, 6) is 2.06. The van der Waals surface area contributed by atoms with Crippen molar-refractivity contribution in [2.75, 3.05) is 12.3 Å². The van der Waals surface area contributed by atoms with E-state index in [4.69, 9.17) is 5.73 Å². The molecule has 28 heavy (non-hydrogen) atoms. The van der Waals surface area contributed by atoms with Crippen molar-refractivity contribution in [3.63, 3.8) is 0 Å². The number of aromatic nitrogens is 8. The lowest BCUT2D eigenvalue weighted by molar-refractivity contribution is 0.265. The molecule has 0 saturated heterocycles. The van der Waals surface area contributed by atoms with Crippen LogP contribution in [0.1, 0.15) is 17.8 Å². The Balaban J connectivity index is 1.37. The van der Waals surface area contributed by atoms with Crippen LogP contribution in [0.25, 0.3) is 16.9 Å². The number of rotatable bonds is 6. The predicted octanol–water partition coefficient (Wildman–Crippen LogP) is 0.603. The van der Waals surface area contributed by atoms with E-state index in [-0.39, 0.29) is 6.61 Å². The molecule has 142 valence electrons. The molecule has 1 saturated carbocycles. The zero-order chi connectivity index (χ0) is 19.1. The van der Waals surface area contributed by atoms with Crippen LogP contribution in [-0.2, 0) is 13.0 Å². The van der Waals surface area contributed by atoms with E-state index in [1.807, 2.05) is 23.1 Å². The fourth-order valence-electron chi connectivity index (χ4n) is 3.32. The van der Waals surface area contributed by atoms with Gasteiger partial charge in [-0.2, -0.15) is 9.78 Å². The van der Waals surface area contributed by atoms with Gasteiger partial charge in [0, 0.05) is 25.8 Å². The maximum absolute atomic E-state index is 9.17. The smallest absolute Gasteiger partial charge is 0.187 e. The van der Waals surface area contributed by atoms with E-state index in [1.165, 1.54) is 0 Å². The molecule has 10 heteroatoms. The molecule has 1 aliphatic rings. The third-order valence-electron chi connectivity index (χ3n) is 5.03. The fourth-order valence-corrected chi connectivity index (χ4v) is 3.32. The molecule has 0 aromatic carbocycles. The lowest BCUT2D eigenvalue weighted by Crippen LogP contribution is -2.03. The molecular formula is C18H19N9O. The normalized spacial score (nSPS) is 18.6. The van der Waals surface area contributed by atoms with Crippen molar-refractivity contribution in [3.8, 4) is 5.69 Å². The molecule has 0 radical (unpaired) electrons. The summed E-state index contributed by atoms with van der Waals surface area (Å²) < 4.78 is 3.55. The van der Waals surface area contributed by atoms with Crippen molar-refractivity contribution in [1.29, 1.82) is 0 Å². The van der Waals surface area contributed by atoms with E-state index < -0.39 is 0 Å². The minimum atomic E-state index is 0.262. The third kappa shape index (κ3) is 3.18. The molecule has 4 aromatic heterocycles. The number of aliphatic hydroxyl groups excluding tert-OH is 1. The number of aliphatic hydroxyl groups is 1. The van der Waals surface area contributed by atoms with Crippen LogP contribution >= 0.6 is 0 Å². The quantitative estimate of drug-likeness (QED) is 0.499. The Labute approximate surface area is 160 Å². The summed E-state index contributed by atoms with van der Waals surface area (Å²) in [7, 11) is 0. The molecule has 5 rings (SSSR count). The van der Waals surface area contributed by atoms with Crippen LogP contribution in [0.3, 0.4) is 0 Å². The Morgan fingerprint density at radius 3 is 2.86 bits per heavy atom. The molecule has 2 atom stereocenters. The lowest BCUT2D eigenvalue weighted by Gasteiger charge is -2.02. The maximum Gasteiger partial charge on any atom is 0.187 e. The topological polar surface area (TPSA) is 133 Å². The van der Waals surface area contributed by atoms with Crippen LogP contribution in [0.15, 0.2) is 36.9 Å². The highest BCUT2D eigenvalue weighted by molar-refractivity contribution is 5.70. The van der Waals surface area contributed by atoms with Gasteiger partial charge in [0.2, 0.25) is 0 Å². The van der Waals surface area contributed by atoms with E-state index in [9.17, 15) is 5.11 Å². The number of pyridine rings is 1. The van der Waals surface area contributed by atoms with E-state index >= 15 is 0 Å². The summed E-state index contributed by atoms with van der Waals surface area (Å²) in [5.41, 5.74) is 8.65. The van der Waals surface area contributed by atoms with Gasteiger partial charge in [-0.15, -0.1) is 5.10 Å². The summed E-state index contributed by atoms with van der Waals surface area (Å²) in [6, 6.07) is 3.53. The molecule has 3 N–H and O–H groups in total. The monoisotopic (exact) mass is 377 g/mol. The molecule has 0 unspecified atom stereocenters. The molecule has 1 aliphatic carbocycles. The second kappa shape index (κ2) is 6.64. The first-order chi connectivity index (χ1) is 13.7. The van der Waals surface area contributed by atoms with Gasteiger partial charge < -0.3 is 10.8 Å². The van der Waals surface area contributed by atoms with Gasteiger partial charge in [-0.25, -0.2) is 15.0 Å². The van der Waals surface area contributed by atoms with E-state index in [2.05, 4.69) is 30.4 Å². The van der Waals surface area contributed by atoms with Gasteiger partial charge in [0.15, 0.2) is 11.2 Å². The van der Waals surface area contributed by atoms with Gasteiger partial charge in [-0.1, -0.05) is 5.21 Å². The van der Waals surface area contributed by atoms with Crippen LogP contribution in [0.2, 0.25) is 0 Å². The van der Waals surface area contributed by atoms with E-state index in [0.29, 0.717) is 41.1 Å². The van der Waals surface area contributed by atoms with Crippen molar-refractivity contribution in [1.82, 2.24) is 39.7 Å². The molecule has 4 heterocycles. The summed E-state index contributed by atoms with van der Waals surface area (Å²) in [6.45, 7) is 1.10. The second-order valence-electron chi connectivity index (χ2n) is 7.12. The summed E-state index contributed by atoms with van der Waals surface area (Å²) in [5, 5.41) is 21.9. The molecule has 1 fully saturated rings. The maximum atomic E-state index is 9.17. The minimum Gasteiger partial charge on any atom is -0.396 e. The number of nitrogens with zero attached hydrogens (tertiary/aromatic N) is 8. The molecule has 0 spiro atoms. The number of anilines is 1. The van der Waals surface area contributed by atoms with E-state index in [0.717, 1.165) is 24.2 Å². The number of hydrogen-bond acceptors (Lipinski definition) is 8. The third-order valence-corrected chi connectivity index (χ3v) is 5.03. The zero-order valence-corrected chi connectivity index (χ0v) is 15.0. The summed E-state index contributed by atoms with van der Waals surface area (Å²) >= 11 is 0. The predicted molar refractivity (Wildman–Crippen MR) is 100 cm³/mol. The van der Waals surface area contributed by atoms with Gasteiger partial charge in [0.1, 0.15) is 11.6 Å². The van der Waals surface area contributed by atoms with Gasteiger partial charge in [0.05, 0.1) is 24.3 Å². The van der Waals surface area contributed by atoms with Crippen molar-refractivity contribution in [3.05, 3.63) is 48.3 Å². The van der Waals surface area contributed by atoms with Crippen LogP contribution in [0.4, 0.5) is 5.82 Å². The Morgan fingerprint density at radius 1 is 1.14 bits per heavy atom. The van der Waals surface area contributed by atoms with Crippen LogP contribution in [0.5, 0.6) is 0 Å². The fraction of sp³-hybridized carbons (Fsp3) is 0.333. The van der Waals surface area contributed by atoms with Crippen molar-refractivity contribution >= 4 is 17.0 Å². The average molecular weight is 377 g/mol. The molecule has 4 aromatic rings. The van der Waals surface area contributed by atoms with Gasteiger partial charge in [-0.3, -0.25) is 4.68 Å². The number of fused-ring (bicyclic) bond motifs is 1. The largest absolute Gasteiger partial charge is 0.396 e. The zero-order valence-electron chi connectivity index (χ0n) is 15.0. The van der Waals surface area contributed by atoms with Crippen LogP contribution < -0.4 is 5.73 Å². The van der Waals surface area contributed by atoms with Crippen molar-refractivity contribution < 1.29 is 5.11 Å². The van der Waals surface area contributed by atoms with Gasteiger partial charge >= 0.3 is 0 Å². The van der Waals surface area contributed by atoms with Crippen LogP contribution in [-0.4, -0.2) is 51.4 Å². The average Bonchev–Trinajstić information content (AvgIpc) is 3.09. The molecule has 10 nitrogen and oxygen atoms in total. The summed E-state index contributed by atoms with van der Waals surface area (Å²) in [4.78, 5) is 13.1. The Kier molecular flexibility index (Phi) is 3.97. The molecule has 0 bridgehead atoms. The first-order valence-corrected chi connectivity index (χ1v) is 9.11. The number of nitrogens with two attached hydrogens (primary N) is 1. The first kappa shape index (κ1) is 16.8. The molecule has 0 amide bonds.